The molecule has 0 radical (unpaired) electrons. The highest BCUT2D eigenvalue weighted by atomic mass is 16.5. The molecule has 3 heterocycles. The maximum absolute atomic E-state index is 13.4. The molecule has 3 aliphatic heterocycles. The van der Waals surface area contributed by atoms with E-state index >= 15 is 0 Å². The third kappa shape index (κ3) is 2.07. The maximum Gasteiger partial charge on any atom is 0.240 e. The Morgan fingerprint density at radius 3 is 2.43 bits per heavy atom. The van der Waals surface area contributed by atoms with Crippen molar-refractivity contribution in [2.24, 2.45) is 11.8 Å². The molecule has 2 fully saturated rings. The van der Waals surface area contributed by atoms with E-state index in [4.69, 9.17) is 4.74 Å². The Bertz CT molecular complexity index is 1050. The Labute approximate surface area is 162 Å². The summed E-state index contributed by atoms with van der Waals surface area (Å²) in [5.41, 5.74) is 2.51. The number of benzene rings is 2. The van der Waals surface area contributed by atoms with Crippen molar-refractivity contribution in [3.05, 3.63) is 65.9 Å². The van der Waals surface area contributed by atoms with Crippen LogP contribution in [0.15, 0.2) is 54.7 Å². The minimum absolute atomic E-state index is 0.252. The lowest BCUT2D eigenvalue weighted by Crippen LogP contribution is -2.40. The van der Waals surface area contributed by atoms with Crippen molar-refractivity contribution in [1.82, 2.24) is 4.90 Å². The predicted molar refractivity (Wildman–Crippen MR) is 102 cm³/mol. The number of carbonyl (C=O) groups excluding carboxylic acids is 2. The Morgan fingerprint density at radius 1 is 1.00 bits per heavy atom. The summed E-state index contributed by atoms with van der Waals surface area (Å²) in [5.74, 6) is -1.17. The van der Waals surface area contributed by atoms with E-state index in [9.17, 15) is 14.9 Å². The lowest BCUT2D eigenvalue weighted by Gasteiger charge is -2.33. The van der Waals surface area contributed by atoms with Gasteiger partial charge in [-0.05, 0) is 41.5 Å². The fraction of sp³-hybridized carbons (Fsp3) is 0.227. The molecular weight excluding hydrogens is 354 g/mol. The van der Waals surface area contributed by atoms with Crippen LogP contribution in [0, 0.1) is 23.2 Å². The van der Waals surface area contributed by atoms with Gasteiger partial charge in [-0.15, -0.1) is 0 Å². The molecule has 0 aliphatic carbocycles. The molecule has 4 atom stereocenters. The van der Waals surface area contributed by atoms with Gasteiger partial charge in [0.15, 0.2) is 0 Å². The molecule has 3 aliphatic rings. The van der Waals surface area contributed by atoms with E-state index < -0.39 is 17.9 Å². The van der Waals surface area contributed by atoms with Crippen LogP contribution in [0.1, 0.15) is 17.2 Å². The van der Waals surface area contributed by atoms with E-state index in [0.717, 1.165) is 11.1 Å². The standard InChI is InChI=1S/C22H17N3O3/c1-28-15-8-6-14(7-9-15)25-21(26)18-17(12-23)24-11-10-13-4-2-3-5-16(13)20(24)19(18)22(25)27/h2-11,17-20H,1H3/t17-,18-,19-,20-/m0/s1. The number of nitrogens with zero attached hydrogens (tertiary/aromatic N) is 3. The van der Waals surface area contributed by atoms with E-state index in [2.05, 4.69) is 6.07 Å². The number of ether oxygens (including phenoxy) is 1. The lowest BCUT2D eigenvalue weighted by molar-refractivity contribution is -0.123. The van der Waals surface area contributed by atoms with Crippen LogP contribution >= 0.6 is 0 Å². The molecule has 0 aromatic heterocycles. The Morgan fingerprint density at radius 2 is 1.71 bits per heavy atom. The molecule has 0 N–H and O–H groups in total. The van der Waals surface area contributed by atoms with Gasteiger partial charge in [0.2, 0.25) is 11.8 Å². The minimum atomic E-state index is -0.680. The lowest BCUT2D eigenvalue weighted by atomic mass is 9.85. The van der Waals surface area contributed by atoms with Gasteiger partial charge in [0.05, 0.1) is 36.7 Å². The molecule has 0 saturated carbocycles. The summed E-state index contributed by atoms with van der Waals surface area (Å²) < 4.78 is 5.16. The SMILES string of the molecule is COc1ccc(N2C(=O)[C@@H]3[C@H](C2=O)[C@@H]2c4ccccc4C=CN2[C@H]3C#N)cc1. The summed E-state index contributed by atoms with van der Waals surface area (Å²) in [6, 6.07) is 15.9. The van der Waals surface area contributed by atoms with Crippen molar-refractivity contribution >= 4 is 23.6 Å². The summed E-state index contributed by atoms with van der Waals surface area (Å²) in [6.45, 7) is 0. The number of rotatable bonds is 2. The predicted octanol–water partition coefficient (Wildman–Crippen LogP) is 2.73. The number of imide groups is 1. The maximum atomic E-state index is 13.4. The highest BCUT2D eigenvalue weighted by Crippen LogP contribution is 2.52. The monoisotopic (exact) mass is 371 g/mol. The average molecular weight is 371 g/mol. The van der Waals surface area contributed by atoms with Crippen molar-refractivity contribution in [1.29, 1.82) is 5.26 Å². The first-order valence-corrected chi connectivity index (χ1v) is 9.12. The van der Waals surface area contributed by atoms with E-state index in [1.54, 1.807) is 31.4 Å². The Hall–Kier alpha value is -3.59. The summed E-state index contributed by atoms with van der Waals surface area (Å²) in [4.78, 5) is 29.7. The van der Waals surface area contributed by atoms with E-state index in [1.165, 1.54) is 4.90 Å². The number of anilines is 1. The second kappa shape index (κ2) is 5.96. The first-order valence-electron chi connectivity index (χ1n) is 9.12. The number of methoxy groups -OCH3 is 1. The van der Waals surface area contributed by atoms with E-state index in [0.29, 0.717) is 11.4 Å². The number of hydrogen-bond donors (Lipinski definition) is 0. The second-order valence-corrected chi connectivity index (χ2v) is 7.17. The van der Waals surface area contributed by atoms with Gasteiger partial charge in [-0.2, -0.15) is 5.26 Å². The largest absolute Gasteiger partial charge is 0.497 e. The third-order valence-corrected chi connectivity index (χ3v) is 5.92. The van der Waals surface area contributed by atoms with Crippen molar-refractivity contribution in [2.45, 2.75) is 12.1 Å². The van der Waals surface area contributed by atoms with Gasteiger partial charge in [-0.3, -0.25) is 9.59 Å². The zero-order chi connectivity index (χ0) is 19.4. The fourth-order valence-electron chi connectivity index (χ4n) is 4.69. The zero-order valence-corrected chi connectivity index (χ0v) is 15.1. The molecule has 2 amide bonds. The first-order chi connectivity index (χ1) is 13.7. The van der Waals surface area contributed by atoms with Crippen LogP contribution < -0.4 is 9.64 Å². The molecule has 0 spiro atoms. The molecule has 0 unspecified atom stereocenters. The van der Waals surface area contributed by atoms with Gasteiger partial charge < -0.3 is 9.64 Å². The molecule has 0 bridgehead atoms. The first kappa shape index (κ1) is 16.6. The molecule has 2 saturated heterocycles. The molecule has 6 heteroatoms. The van der Waals surface area contributed by atoms with Crippen LogP contribution in [-0.4, -0.2) is 29.9 Å². The van der Waals surface area contributed by atoms with Gasteiger partial charge >= 0.3 is 0 Å². The van der Waals surface area contributed by atoms with Gasteiger partial charge in [0, 0.05) is 6.20 Å². The van der Waals surface area contributed by atoms with Crippen LogP contribution in [0.3, 0.4) is 0 Å². The average Bonchev–Trinajstić information content (AvgIpc) is 3.20. The van der Waals surface area contributed by atoms with Crippen molar-refractivity contribution in [2.75, 3.05) is 12.0 Å². The number of amides is 2. The molecule has 2 aromatic rings. The molecule has 138 valence electrons. The zero-order valence-electron chi connectivity index (χ0n) is 15.1. The smallest absolute Gasteiger partial charge is 0.240 e. The highest BCUT2D eigenvalue weighted by molar-refractivity contribution is 6.23. The topological polar surface area (TPSA) is 73.6 Å². The van der Waals surface area contributed by atoms with Gasteiger partial charge in [-0.25, -0.2) is 4.90 Å². The fourth-order valence-corrected chi connectivity index (χ4v) is 4.69. The van der Waals surface area contributed by atoms with Gasteiger partial charge in [-0.1, -0.05) is 24.3 Å². The normalized spacial score (nSPS) is 27.3. The molecule has 28 heavy (non-hydrogen) atoms. The van der Waals surface area contributed by atoms with E-state index in [1.807, 2.05) is 41.4 Å². The summed E-state index contributed by atoms with van der Waals surface area (Å²) in [7, 11) is 1.56. The number of fused-ring (bicyclic) bond motifs is 5. The second-order valence-electron chi connectivity index (χ2n) is 7.17. The van der Waals surface area contributed by atoms with Crippen LogP contribution in [0.5, 0.6) is 5.75 Å². The summed E-state index contributed by atoms with van der Waals surface area (Å²) in [5, 5.41) is 9.81. The number of nitriles is 1. The quantitative estimate of drug-likeness (QED) is 0.759. The van der Waals surface area contributed by atoms with Crippen molar-refractivity contribution < 1.29 is 14.3 Å². The molecule has 6 nitrogen and oxygen atoms in total. The summed E-state index contributed by atoms with van der Waals surface area (Å²) in [6.07, 6.45) is 3.78. The van der Waals surface area contributed by atoms with E-state index in [-0.39, 0.29) is 17.9 Å². The van der Waals surface area contributed by atoms with Crippen LogP contribution in [0.2, 0.25) is 0 Å². The van der Waals surface area contributed by atoms with Crippen LogP contribution in [-0.2, 0) is 9.59 Å². The van der Waals surface area contributed by atoms with Gasteiger partial charge in [0.1, 0.15) is 11.8 Å². The molecule has 2 aromatic carbocycles. The minimum Gasteiger partial charge on any atom is -0.497 e. The summed E-state index contributed by atoms with van der Waals surface area (Å²) >= 11 is 0. The highest BCUT2D eigenvalue weighted by Gasteiger charge is 2.63. The molecule has 5 rings (SSSR count). The number of hydrogen-bond acceptors (Lipinski definition) is 5. The van der Waals surface area contributed by atoms with Crippen molar-refractivity contribution in [3.8, 4) is 11.8 Å². The van der Waals surface area contributed by atoms with Crippen molar-refractivity contribution in [3.63, 3.8) is 0 Å². The third-order valence-electron chi connectivity index (χ3n) is 5.92. The van der Waals surface area contributed by atoms with Crippen LogP contribution in [0.25, 0.3) is 6.08 Å². The Balaban J connectivity index is 1.60. The van der Waals surface area contributed by atoms with Gasteiger partial charge in [0.25, 0.3) is 0 Å². The van der Waals surface area contributed by atoms with Crippen LogP contribution in [0.4, 0.5) is 5.69 Å². The Kier molecular flexibility index (Phi) is 3.53. The number of carbonyl (C=O) groups is 2. The molecular formula is C22H17N3O3.